The lowest BCUT2D eigenvalue weighted by molar-refractivity contribution is -0.141. The molecule has 0 saturated heterocycles. The van der Waals surface area contributed by atoms with Crippen LogP contribution in [0.2, 0.25) is 5.02 Å². The van der Waals surface area contributed by atoms with E-state index in [4.69, 9.17) is 25.6 Å². The molecule has 1 heterocycles. The first-order valence-corrected chi connectivity index (χ1v) is 7.94. The summed E-state index contributed by atoms with van der Waals surface area (Å²) in [6.45, 7) is 3.33. The van der Waals surface area contributed by atoms with E-state index >= 15 is 0 Å². The van der Waals surface area contributed by atoms with Crippen LogP contribution in [0.3, 0.4) is 0 Å². The van der Waals surface area contributed by atoms with Crippen LogP contribution in [0, 0.1) is 6.92 Å². The lowest BCUT2D eigenvalue weighted by atomic mass is 10.2. The van der Waals surface area contributed by atoms with Gasteiger partial charge >= 0.3 is 5.97 Å². The van der Waals surface area contributed by atoms with Crippen molar-refractivity contribution in [3.05, 3.63) is 59.4 Å². The van der Waals surface area contributed by atoms with Gasteiger partial charge < -0.3 is 14.0 Å². The van der Waals surface area contributed by atoms with Crippen molar-refractivity contribution < 1.29 is 18.8 Å². The van der Waals surface area contributed by atoms with E-state index in [1.54, 1.807) is 62.4 Å². The van der Waals surface area contributed by atoms with E-state index in [-0.39, 0.29) is 0 Å². The molecule has 0 aliphatic carbocycles. The number of rotatable bonds is 5. The Balaban J connectivity index is 1.62. The quantitative estimate of drug-likeness (QED) is 0.505. The molecule has 0 bridgehead atoms. The maximum Gasteiger partial charge on any atom is 0.352 e. The molecule has 0 fully saturated rings. The summed E-state index contributed by atoms with van der Waals surface area (Å²) in [6, 6.07) is 13.6. The zero-order chi connectivity index (χ0) is 17.8. The van der Waals surface area contributed by atoms with Crippen LogP contribution in [0.25, 0.3) is 11.4 Å². The third-order valence-corrected chi connectivity index (χ3v) is 3.53. The number of nitrogens with zero attached hydrogens (tertiary/aromatic N) is 2. The minimum atomic E-state index is -0.780. The third kappa shape index (κ3) is 4.36. The van der Waals surface area contributed by atoms with Crippen molar-refractivity contribution in [3.63, 3.8) is 0 Å². The average Bonchev–Trinajstić information content (AvgIpc) is 3.02. The normalized spacial score (nSPS) is 11.8. The largest absolute Gasteiger partial charge is 0.479 e. The molecule has 0 amide bonds. The van der Waals surface area contributed by atoms with E-state index in [1.807, 2.05) is 0 Å². The Kier molecular flexibility index (Phi) is 5.00. The second kappa shape index (κ2) is 7.36. The number of aromatic nitrogens is 2. The first-order chi connectivity index (χ1) is 12.0. The number of carbonyl (C=O) groups is 1. The number of ether oxygens (including phenoxy) is 2. The number of esters is 1. The number of halogens is 1. The molecule has 128 valence electrons. The minimum absolute atomic E-state index is 0.399. The fraction of sp³-hybridized carbons (Fsp3) is 0.167. The molecule has 0 aliphatic heterocycles. The molecule has 2 aromatic carbocycles. The van der Waals surface area contributed by atoms with Gasteiger partial charge in [-0.25, -0.2) is 4.79 Å². The molecule has 1 unspecified atom stereocenters. The number of aryl methyl sites for hydroxylation is 1. The molecule has 3 rings (SSSR count). The van der Waals surface area contributed by atoms with Crippen LogP contribution >= 0.6 is 11.6 Å². The molecule has 1 atom stereocenters. The van der Waals surface area contributed by atoms with Crippen molar-refractivity contribution in [2.24, 2.45) is 0 Å². The summed E-state index contributed by atoms with van der Waals surface area (Å²) in [7, 11) is 0. The molecule has 25 heavy (non-hydrogen) atoms. The van der Waals surface area contributed by atoms with Crippen molar-refractivity contribution in [1.29, 1.82) is 0 Å². The fourth-order valence-electron chi connectivity index (χ4n) is 2.08. The predicted octanol–water partition coefficient (Wildman–Crippen LogP) is 4.07. The van der Waals surface area contributed by atoms with Gasteiger partial charge in [0.15, 0.2) is 6.10 Å². The van der Waals surface area contributed by atoms with Gasteiger partial charge in [0, 0.05) is 17.5 Å². The van der Waals surface area contributed by atoms with Crippen LogP contribution in [-0.2, 0) is 4.79 Å². The van der Waals surface area contributed by atoms with Crippen molar-refractivity contribution in [2.45, 2.75) is 20.0 Å². The highest BCUT2D eigenvalue weighted by atomic mass is 35.5. The summed E-state index contributed by atoms with van der Waals surface area (Å²) < 4.78 is 15.8. The van der Waals surface area contributed by atoms with Gasteiger partial charge in [-0.1, -0.05) is 22.8 Å². The van der Waals surface area contributed by atoms with E-state index in [0.29, 0.717) is 28.2 Å². The minimum Gasteiger partial charge on any atom is -0.479 e. The van der Waals surface area contributed by atoms with Gasteiger partial charge in [0.2, 0.25) is 11.7 Å². The lowest BCUT2D eigenvalue weighted by Gasteiger charge is -2.14. The summed E-state index contributed by atoms with van der Waals surface area (Å²) in [5.41, 5.74) is 0.764. The summed E-state index contributed by atoms with van der Waals surface area (Å²) in [6.07, 6.45) is -0.780. The summed E-state index contributed by atoms with van der Waals surface area (Å²) in [5, 5.41) is 4.37. The fourth-order valence-corrected chi connectivity index (χ4v) is 2.26. The molecular weight excluding hydrogens is 344 g/mol. The molecule has 0 radical (unpaired) electrons. The van der Waals surface area contributed by atoms with Crippen molar-refractivity contribution in [1.82, 2.24) is 10.1 Å². The third-order valence-electron chi connectivity index (χ3n) is 3.30. The maximum absolute atomic E-state index is 12.1. The topological polar surface area (TPSA) is 74.5 Å². The molecule has 1 aromatic heterocycles. The highest BCUT2D eigenvalue weighted by Gasteiger charge is 2.17. The van der Waals surface area contributed by atoms with Crippen LogP contribution in [0.15, 0.2) is 53.1 Å². The average molecular weight is 359 g/mol. The molecule has 0 aliphatic rings. The smallest absolute Gasteiger partial charge is 0.352 e. The maximum atomic E-state index is 12.1. The van der Waals surface area contributed by atoms with Gasteiger partial charge in [-0.15, -0.1) is 0 Å². The molecule has 7 heteroatoms. The van der Waals surface area contributed by atoms with E-state index in [0.717, 1.165) is 5.56 Å². The van der Waals surface area contributed by atoms with Crippen LogP contribution in [-0.4, -0.2) is 22.2 Å². The Labute approximate surface area is 149 Å². The number of carbonyl (C=O) groups excluding carboxylic acids is 1. The van der Waals surface area contributed by atoms with Gasteiger partial charge in [0.25, 0.3) is 0 Å². The number of hydrogen-bond acceptors (Lipinski definition) is 6. The molecular formula is C18H15ClN2O4. The highest BCUT2D eigenvalue weighted by Crippen LogP contribution is 2.21. The van der Waals surface area contributed by atoms with Crippen molar-refractivity contribution in [2.75, 3.05) is 0 Å². The molecule has 6 nitrogen and oxygen atoms in total. The first-order valence-electron chi connectivity index (χ1n) is 7.56. The lowest BCUT2D eigenvalue weighted by Crippen LogP contribution is -2.28. The summed E-state index contributed by atoms with van der Waals surface area (Å²) in [4.78, 5) is 16.3. The van der Waals surface area contributed by atoms with Gasteiger partial charge in [-0.2, -0.15) is 4.98 Å². The van der Waals surface area contributed by atoms with Crippen molar-refractivity contribution in [3.8, 4) is 22.9 Å². The van der Waals surface area contributed by atoms with Gasteiger partial charge in [-0.05, 0) is 49.4 Å². The van der Waals surface area contributed by atoms with Gasteiger partial charge in [0.1, 0.15) is 11.5 Å². The summed E-state index contributed by atoms with van der Waals surface area (Å²) >= 11 is 5.89. The predicted molar refractivity (Wildman–Crippen MR) is 91.6 cm³/mol. The van der Waals surface area contributed by atoms with Crippen LogP contribution in [0.4, 0.5) is 0 Å². The van der Waals surface area contributed by atoms with Gasteiger partial charge in [0.05, 0.1) is 0 Å². The Morgan fingerprint density at radius 3 is 2.56 bits per heavy atom. The Hall–Kier alpha value is -2.86. The van der Waals surface area contributed by atoms with E-state index < -0.39 is 12.1 Å². The highest BCUT2D eigenvalue weighted by molar-refractivity contribution is 6.30. The van der Waals surface area contributed by atoms with E-state index in [9.17, 15) is 4.79 Å². The molecule has 0 N–H and O–H groups in total. The standard InChI is InChI=1S/C18H15ClN2O4/c1-11(23-16-5-3-4-14(19)10-16)18(22)24-15-8-6-13(7-9-15)17-20-12(2)25-21-17/h3-11H,1-2H3. The van der Waals surface area contributed by atoms with E-state index in [2.05, 4.69) is 10.1 Å². The van der Waals surface area contributed by atoms with Crippen LogP contribution in [0.1, 0.15) is 12.8 Å². The monoisotopic (exact) mass is 358 g/mol. The Morgan fingerprint density at radius 1 is 1.16 bits per heavy atom. The van der Waals surface area contributed by atoms with Crippen LogP contribution in [0.5, 0.6) is 11.5 Å². The van der Waals surface area contributed by atoms with E-state index in [1.165, 1.54) is 0 Å². The summed E-state index contributed by atoms with van der Waals surface area (Å²) in [5.74, 6) is 1.35. The second-order valence-corrected chi connectivity index (χ2v) is 5.74. The second-order valence-electron chi connectivity index (χ2n) is 5.30. The number of hydrogen-bond donors (Lipinski definition) is 0. The van der Waals surface area contributed by atoms with Crippen LogP contribution < -0.4 is 9.47 Å². The van der Waals surface area contributed by atoms with Gasteiger partial charge in [-0.3, -0.25) is 0 Å². The molecule has 0 spiro atoms. The first kappa shape index (κ1) is 17.0. The Morgan fingerprint density at radius 2 is 1.92 bits per heavy atom. The zero-order valence-electron chi connectivity index (χ0n) is 13.6. The molecule has 0 saturated carbocycles. The Bertz CT molecular complexity index is 877. The SMILES string of the molecule is Cc1nc(-c2ccc(OC(=O)C(C)Oc3cccc(Cl)c3)cc2)no1. The van der Waals surface area contributed by atoms with Crippen molar-refractivity contribution >= 4 is 17.6 Å². The number of benzene rings is 2. The molecule has 3 aromatic rings. The zero-order valence-corrected chi connectivity index (χ0v) is 14.4.